The number of non-ortho nitro benzene ring substituents is 1. The second-order valence-corrected chi connectivity index (χ2v) is 4.90. The van der Waals surface area contributed by atoms with Crippen molar-refractivity contribution in [3.8, 4) is 0 Å². The van der Waals surface area contributed by atoms with E-state index in [1.165, 1.54) is 18.2 Å². The number of nitro groups is 1. The zero-order valence-corrected chi connectivity index (χ0v) is 10.5. The fraction of sp³-hybridized carbons (Fsp3) is 0.182. The Morgan fingerprint density at radius 1 is 1.44 bits per heavy atom. The fourth-order valence-corrected chi connectivity index (χ4v) is 1.89. The molecule has 5 heteroatoms. The minimum absolute atomic E-state index is 0.0559. The van der Waals surface area contributed by atoms with Gasteiger partial charge in [-0.1, -0.05) is 0 Å². The van der Waals surface area contributed by atoms with Crippen molar-refractivity contribution >= 4 is 32.5 Å². The van der Waals surface area contributed by atoms with Crippen molar-refractivity contribution in [3.05, 3.63) is 46.0 Å². The molecule has 0 spiro atoms. The molecule has 0 atom stereocenters. The van der Waals surface area contributed by atoms with Gasteiger partial charge < -0.3 is 0 Å². The van der Waals surface area contributed by atoms with Crippen molar-refractivity contribution in [1.29, 1.82) is 0 Å². The van der Waals surface area contributed by atoms with Gasteiger partial charge in [0, 0.05) is 0 Å². The molecule has 4 nitrogen and oxygen atoms in total. The zero-order valence-electron chi connectivity index (χ0n) is 8.75. The van der Waals surface area contributed by atoms with Crippen LogP contribution >= 0.6 is 0 Å². The summed E-state index contributed by atoms with van der Waals surface area (Å²) in [5, 5.41) is 11.0. The number of allylic oxidation sites excluding steroid dienone is 1. The van der Waals surface area contributed by atoms with E-state index >= 15 is 0 Å². The monoisotopic (exact) mass is 285 g/mol. The molecule has 0 aromatic heterocycles. The van der Waals surface area contributed by atoms with Gasteiger partial charge in [0.15, 0.2) is 0 Å². The van der Waals surface area contributed by atoms with Gasteiger partial charge in [0.05, 0.1) is 0 Å². The number of nitrogens with zero attached hydrogens (tertiary/aromatic N) is 1. The van der Waals surface area contributed by atoms with E-state index in [1.807, 2.05) is 5.82 Å². The zero-order chi connectivity index (χ0) is 12.0. The molecule has 0 heterocycles. The number of benzene rings is 1. The number of ketones is 1. The first-order chi connectivity index (χ1) is 7.63. The predicted octanol–water partition coefficient (Wildman–Crippen LogP) is 2.35. The van der Waals surface area contributed by atoms with Gasteiger partial charge in [0.2, 0.25) is 0 Å². The number of hydrogen-bond acceptors (Lipinski definition) is 3. The van der Waals surface area contributed by atoms with E-state index in [4.69, 9.17) is 0 Å². The first-order valence-corrected chi connectivity index (χ1v) is 7.50. The van der Waals surface area contributed by atoms with E-state index in [1.54, 1.807) is 18.2 Å². The Balaban J connectivity index is 2.68. The number of carbonyl (C=O) groups is 1. The first kappa shape index (κ1) is 12.6. The summed E-state index contributed by atoms with van der Waals surface area (Å²) < 4.78 is 0. The van der Waals surface area contributed by atoms with Crippen molar-refractivity contribution in [2.45, 2.75) is 11.1 Å². The molecule has 0 unspecified atom stereocenters. The van der Waals surface area contributed by atoms with E-state index in [9.17, 15) is 14.9 Å². The van der Waals surface area contributed by atoms with Gasteiger partial charge in [-0.25, -0.2) is 0 Å². The minimum atomic E-state index is -0.446. The van der Waals surface area contributed by atoms with Crippen LogP contribution in [0.5, 0.6) is 0 Å². The van der Waals surface area contributed by atoms with Gasteiger partial charge in [-0.3, -0.25) is 0 Å². The maximum atomic E-state index is 11.2. The van der Waals surface area contributed by atoms with E-state index < -0.39 is 4.92 Å². The standard InChI is InChI=1S/C11H11NO3Se/c1-16-8-11(13)7-4-9-2-5-10(6-3-9)12(14)15/h2-7H,8H2,1H3/b7-4+. The number of carbonyl (C=O) groups excluding carboxylic acids is 1. The molecule has 0 fully saturated rings. The van der Waals surface area contributed by atoms with Crippen LogP contribution in [0.15, 0.2) is 30.3 Å². The van der Waals surface area contributed by atoms with Gasteiger partial charge in [-0.05, 0) is 0 Å². The molecule has 16 heavy (non-hydrogen) atoms. The van der Waals surface area contributed by atoms with Crippen molar-refractivity contribution < 1.29 is 9.72 Å². The molecular weight excluding hydrogens is 273 g/mol. The summed E-state index contributed by atoms with van der Waals surface area (Å²) in [6, 6.07) is 6.10. The average Bonchev–Trinajstić information content (AvgIpc) is 2.27. The molecule has 0 amide bonds. The fourth-order valence-electron chi connectivity index (χ4n) is 1.09. The molecule has 1 aromatic rings. The number of rotatable bonds is 5. The summed E-state index contributed by atoms with van der Waals surface area (Å²) >= 11 is 0.344. The van der Waals surface area contributed by atoms with Crippen LogP contribution in [0, 0.1) is 10.1 Å². The average molecular weight is 284 g/mol. The van der Waals surface area contributed by atoms with Gasteiger partial charge in [-0.15, -0.1) is 0 Å². The number of nitro benzene ring substituents is 1. The van der Waals surface area contributed by atoms with Crippen molar-refractivity contribution in [1.82, 2.24) is 0 Å². The summed E-state index contributed by atoms with van der Waals surface area (Å²) in [6.45, 7) is 0. The van der Waals surface area contributed by atoms with E-state index in [0.29, 0.717) is 20.3 Å². The van der Waals surface area contributed by atoms with E-state index in [-0.39, 0.29) is 11.5 Å². The van der Waals surface area contributed by atoms with Crippen LogP contribution in [-0.2, 0) is 4.79 Å². The van der Waals surface area contributed by atoms with Gasteiger partial charge in [0.1, 0.15) is 0 Å². The van der Waals surface area contributed by atoms with Gasteiger partial charge in [-0.2, -0.15) is 0 Å². The van der Waals surface area contributed by atoms with Crippen LogP contribution in [-0.4, -0.2) is 25.7 Å². The summed E-state index contributed by atoms with van der Waals surface area (Å²) in [5.41, 5.74) is 0.850. The van der Waals surface area contributed by atoms with Crippen LogP contribution in [0.2, 0.25) is 11.1 Å². The second kappa shape index (κ2) is 6.20. The Labute approximate surface area is 99.7 Å². The van der Waals surface area contributed by atoms with Crippen LogP contribution in [0.25, 0.3) is 6.08 Å². The van der Waals surface area contributed by atoms with Crippen molar-refractivity contribution in [2.75, 3.05) is 0 Å². The Kier molecular flexibility index (Phi) is 4.89. The Morgan fingerprint density at radius 2 is 2.06 bits per heavy atom. The molecule has 1 aromatic carbocycles. The van der Waals surface area contributed by atoms with Crippen LogP contribution in [0.4, 0.5) is 5.69 Å². The van der Waals surface area contributed by atoms with E-state index in [2.05, 4.69) is 0 Å². The molecule has 1 rings (SSSR count). The normalized spacial score (nSPS) is 10.6. The molecule has 0 aliphatic rings. The third-order valence-electron chi connectivity index (χ3n) is 1.85. The second-order valence-electron chi connectivity index (χ2n) is 3.08. The molecule has 0 saturated carbocycles. The first-order valence-electron chi connectivity index (χ1n) is 4.58. The van der Waals surface area contributed by atoms with Gasteiger partial charge in [0.25, 0.3) is 0 Å². The molecule has 0 bridgehead atoms. The summed E-state index contributed by atoms with van der Waals surface area (Å²) in [5.74, 6) is 2.10. The summed E-state index contributed by atoms with van der Waals surface area (Å²) in [6.07, 6.45) is 3.20. The quantitative estimate of drug-likeness (QED) is 0.361. The molecule has 84 valence electrons. The van der Waals surface area contributed by atoms with Crippen molar-refractivity contribution in [3.63, 3.8) is 0 Å². The molecule has 0 aliphatic carbocycles. The summed E-state index contributed by atoms with van der Waals surface area (Å²) in [4.78, 5) is 21.2. The predicted molar refractivity (Wildman–Crippen MR) is 63.6 cm³/mol. The Bertz CT molecular complexity index is 412. The van der Waals surface area contributed by atoms with Crippen LogP contribution < -0.4 is 0 Å². The topological polar surface area (TPSA) is 60.2 Å². The molecule has 0 saturated heterocycles. The third kappa shape index (κ3) is 3.96. The molecular formula is C11H11NO3Se. The SMILES string of the molecule is C[Se]CC(=O)/C=C/c1ccc([N+](=O)[O-])cc1. The Morgan fingerprint density at radius 3 is 2.56 bits per heavy atom. The van der Waals surface area contributed by atoms with Gasteiger partial charge >= 0.3 is 99.4 Å². The van der Waals surface area contributed by atoms with Crippen LogP contribution in [0.1, 0.15) is 5.56 Å². The maximum absolute atomic E-state index is 11.2. The Hall–Kier alpha value is -1.45. The molecule has 0 radical (unpaired) electrons. The molecule has 0 aliphatic heterocycles. The van der Waals surface area contributed by atoms with Crippen LogP contribution in [0.3, 0.4) is 0 Å². The third-order valence-corrected chi connectivity index (χ3v) is 3.05. The van der Waals surface area contributed by atoms with Crippen molar-refractivity contribution in [2.24, 2.45) is 0 Å². The molecule has 0 N–H and O–H groups in total. The van der Waals surface area contributed by atoms with E-state index in [0.717, 1.165) is 5.56 Å². The summed E-state index contributed by atoms with van der Waals surface area (Å²) in [7, 11) is 0. The number of hydrogen-bond donors (Lipinski definition) is 0.